The fourth-order valence-corrected chi connectivity index (χ4v) is 4.52. The molecular formula is C19H31NS. The van der Waals surface area contributed by atoms with Crippen molar-refractivity contribution in [3.05, 3.63) is 34.4 Å². The predicted octanol–water partition coefficient (Wildman–Crippen LogP) is 5.19. The van der Waals surface area contributed by atoms with E-state index in [9.17, 15) is 0 Å². The molecule has 0 bridgehead atoms. The highest BCUT2D eigenvalue weighted by Gasteiger charge is 2.21. The summed E-state index contributed by atoms with van der Waals surface area (Å²) in [5.41, 5.74) is 5.83. The van der Waals surface area contributed by atoms with Gasteiger partial charge >= 0.3 is 0 Å². The van der Waals surface area contributed by atoms with Gasteiger partial charge in [0.05, 0.1) is 0 Å². The monoisotopic (exact) mass is 305 g/mol. The topological polar surface area (TPSA) is 12.0 Å². The Bertz CT molecular complexity index is 449. The molecule has 1 unspecified atom stereocenters. The van der Waals surface area contributed by atoms with Crippen LogP contribution in [0.1, 0.15) is 60.9 Å². The molecule has 0 radical (unpaired) electrons. The highest BCUT2D eigenvalue weighted by atomic mass is 32.2. The minimum Gasteiger partial charge on any atom is -0.310 e. The molecule has 0 aliphatic carbocycles. The van der Waals surface area contributed by atoms with Gasteiger partial charge in [-0.2, -0.15) is 11.8 Å². The van der Waals surface area contributed by atoms with Gasteiger partial charge in [-0.25, -0.2) is 0 Å². The summed E-state index contributed by atoms with van der Waals surface area (Å²) in [6.45, 7) is 10.1. The molecule has 1 aliphatic rings. The molecule has 1 heterocycles. The van der Waals surface area contributed by atoms with E-state index in [0.717, 1.165) is 12.5 Å². The zero-order chi connectivity index (χ0) is 15.2. The van der Waals surface area contributed by atoms with Crippen LogP contribution in [0.4, 0.5) is 0 Å². The normalized spacial score (nSPS) is 17.9. The van der Waals surface area contributed by atoms with Gasteiger partial charge in [0.1, 0.15) is 0 Å². The van der Waals surface area contributed by atoms with Gasteiger partial charge < -0.3 is 5.32 Å². The first-order valence-corrected chi connectivity index (χ1v) is 9.66. The second-order valence-electron chi connectivity index (χ2n) is 6.59. The SMILES string of the molecule is CCCNC(CC1CCSCC1)c1cc(C)c(C)cc1C. The lowest BCUT2D eigenvalue weighted by Gasteiger charge is -2.29. The highest BCUT2D eigenvalue weighted by molar-refractivity contribution is 7.99. The van der Waals surface area contributed by atoms with Gasteiger partial charge in [0, 0.05) is 6.04 Å². The number of benzene rings is 1. The number of nitrogens with one attached hydrogen (secondary N) is 1. The van der Waals surface area contributed by atoms with Gasteiger partial charge in [-0.15, -0.1) is 0 Å². The van der Waals surface area contributed by atoms with E-state index in [2.05, 4.69) is 56.9 Å². The van der Waals surface area contributed by atoms with Crippen LogP contribution in [0.3, 0.4) is 0 Å². The van der Waals surface area contributed by atoms with E-state index in [1.54, 1.807) is 0 Å². The standard InChI is InChI=1S/C19H31NS/c1-5-8-20-19(13-17-6-9-21-10-7-17)18-12-15(3)14(2)11-16(18)4/h11-12,17,19-20H,5-10,13H2,1-4H3. The Morgan fingerprint density at radius 2 is 1.76 bits per heavy atom. The highest BCUT2D eigenvalue weighted by Crippen LogP contribution is 2.33. The Morgan fingerprint density at radius 3 is 2.43 bits per heavy atom. The lowest BCUT2D eigenvalue weighted by molar-refractivity contribution is 0.369. The molecule has 1 N–H and O–H groups in total. The molecule has 0 aromatic heterocycles. The minimum absolute atomic E-state index is 0.539. The summed E-state index contributed by atoms with van der Waals surface area (Å²) >= 11 is 2.13. The molecule has 118 valence electrons. The van der Waals surface area contributed by atoms with Gasteiger partial charge in [0.15, 0.2) is 0 Å². The summed E-state index contributed by atoms with van der Waals surface area (Å²) in [5, 5.41) is 3.81. The maximum atomic E-state index is 3.81. The third-order valence-corrected chi connectivity index (χ3v) is 5.86. The molecule has 1 saturated heterocycles. The fraction of sp³-hybridized carbons (Fsp3) is 0.684. The van der Waals surface area contributed by atoms with E-state index in [1.807, 2.05) is 0 Å². The van der Waals surface area contributed by atoms with Crippen LogP contribution in [0.5, 0.6) is 0 Å². The Morgan fingerprint density at radius 1 is 1.10 bits per heavy atom. The van der Waals surface area contributed by atoms with E-state index < -0.39 is 0 Å². The lowest BCUT2D eigenvalue weighted by atomic mass is 9.87. The smallest absolute Gasteiger partial charge is 0.0325 e. The average molecular weight is 306 g/mol. The first-order chi connectivity index (χ1) is 10.1. The largest absolute Gasteiger partial charge is 0.310 e. The zero-order valence-corrected chi connectivity index (χ0v) is 15.0. The number of hydrogen-bond acceptors (Lipinski definition) is 2. The van der Waals surface area contributed by atoms with Crippen molar-refractivity contribution in [1.29, 1.82) is 0 Å². The lowest BCUT2D eigenvalue weighted by Crippen LogP contribution is -2.26. The molecule has 2 heteroatoms. The molecule has 1 nitrogen and oxygen atoms in total. The first-order valence-electron chi connectivity index (χ1n) is 8.50. The molecule has 1 aromatic rings. The quantitative estimate of drug-likeness (QED) is 0.776. The molecule has 1 atom stereocenters. The van der Waals surface area contributed by atoms with Crippen LogP contribution in [-0.4, -0.2) is 18.1 Å². The molecule has 21 heavy (non-hydrogen) atoms. The Labute approximate surface area is 135 Å². The van der Waals surface area contributed by atoms with Crippen molar-refractivity contribution in [2.75, 3.05) is 18.1 Å². The second-order valence-corrected chi connectivity index (χ2v) is 7.82. The van der Waals surface area contributed by atoms with E-state index in [1.165, 1.54) is 59.4 Å². The molecule has 2 rings (SSSR count). The Kier molecular flexibility index (Phi) is 6.63. The van der Waals surface area contributed by atoms with E-state index in [-0.39, 0.29) is 0 Å². The van der Waals surface area contributed by atoms with E-state index in [0.29, 0.717) is 6.04 Å². The summed E-state index contributed by atoms with van der Waals surface area (Å²) in [6.07, 6.45) is 5.32. The Balaban J connectivity index is 2.16. The van der Waals surface area contributed by atoms with Gasteiger partial charge in [-0.1, -0.05) is 19.1 Å². The van der Waals surface area contributed by atoms with Crippen LogP contribution in [0.2, 0.25) is 0 Å². The summed E-state index contributed by atoms with van der Waals surface area (Å²) in [6, 6.07) is 5.33. The summed E-state index contributed by atoms with van der Waals surface area (Å²) in [4.78, 5) is 0. The maximum Gasteiger partial charge on any atom is 0.0325 e. The van der Waals surface area contributed by atoms with Crippen LogP contribution in [0.15, 0.2) is 12.1 Å². The minimum atomic E-state index is 0.539. The van der Waals surface area contributed by atoms with Crippen molar-refractivity contribution in [2.24, 2.45) is 5.92 Å². The zero-order valence-electron chi connectivity index (χ0n) is 14.2. The number of thioether (sulfide) groups is 1. The molecular weight excluding hydrogens is 274 g/mol. The second kappa shape index (κ2) is 8.24. The van der Waals surface area contributed by atoms with Gasteiger partial charge in [0.25, 0.3) is 0 Å². The fourth-order valence-electron chi connectivity index (χ4n) is 3.31. The molecule has 0 amide bonds. The molecule has 0 saturated carbocycles. The predicted molar refractivity (Wildman–Crippen MR) is 96.4 cm³/mol. The van der Waals surface area contributed by atoms with Crippen molar-refractivity contribution in [1.82, 2.24) is 5.32 Å². The average Bonchev–Trinajstić information content (AvgIpc) is 2.48. The van der Waals surface area contributed by atoms with Crippen LogP contribution >= 0.6 is 11.8 Å². The summed E-state index contributed by atoms with van der Waals surface area (Å²) < 4.78 is 0. The maximum absolute atomic E-state index is 3.81. The van der Waals surface area contributed by atoms with Gasteiger partial charge in [-0.05, 0) is 92.7 Å². The van der Waals surface area contributed by atoms with Gasteiger partial charge in [0.2, 0.25) is 0 Å². The van der Waals surface area contributed by atoms with E-state index in [4.69, 9.17) is 0 Å². The van der Waals surface area contributed by atoms with Crippen LogP contribution in [-0.2, 0) is 0 Å². The molecule has 1 fully saturated rings. The van der Waals surface area contributed by atoms with Crippen molar-refractivity contribution >= 4 is 11.8 Å². The third kappa shape index (κ3) is 4.75. The van der Waals surface area contributed by atoms with Crippen molar-refractivity contribution in [3.63, 3.8) is 0 Å². The van der Waals surface area contributed by atoms with Crippen LogP contribution < -0.4 is 5.32 Å². The Hall–Kier alpha value is -0.470. The third-order valence-electron chi connectivity index (χ3n) is 4.81. The first kappa shape index (κ1) is 16.9. The molecule has 1 aliphatic heterocycles. The van der Waals surface area contributed by atoms with Crippen molar-refractivity contribution in [2.45, 2.75) is 59.4 Å². The number of aryl methyl sites for hydroxylation is 3. The van der Waals surface area contributed by atoms with Crippen molar-refractivity contribution in [3.8, 4) is 0 Å². The van der Waals surface area contributed by atoms with E-state index >= 15 is 0 Å². The van der Waals surface area contributed by atoms with Crippen LogP contribution in [0, 0.1) is 26.7 Å². The number of hydrogen-bond donors (Lipinski definition) is 1. The molecule has 0 spiro atoms. The summed E-state index contributed by atoms with van der Waals surface area (Å²) in [5.74, 6) is 3.62. The number of rotatable bonds is 6. The van der Waals surface area contributed by atoms with Crippen LogP contribution in [0.25, 0.3) is 0 Å². The van der Waals surface area contributed by atoms with Gasteiger partial charge in [-0.3, -0.25) is 0 Å². The van der Waals surface area contributed by atoms with Crippen molar-refractivity contribution < 1.29 is 0 Å². The summed E-state index contributed by atoms with van der Waals surface area (Å²) in [7, 11) is 0. The molecule has 1 aromatic carbocycles.